The number of anilines is 1. The fourth-order valence-corrected chi connectivity index (χ4v) is 4.46. The lowest BCUT2D eigenvalue weighted by atomic mass is 9.75. The Morgan fingerprint density at radius 2 is 2.05 bits per heavy atom. The van der Waals surface area contributed by atoms with Crippen molar-refractivity contribution in [2.45, 2.75) is 37.0 Å². The molecule has 3 rings (SSSR count). The van der Waals surface area contributed by atoms with Crippen LogP contribution in [0.1, 0.15) is 42.5 Å². The standard InChI is InChI=1S/C16H19NO3S/c1-20-14(18)11-5-6-12-13(9-11)21-10-16(15(19)17-12)7-3-2-4-8-16/h5-6,9H,2-4,7-8,10H2,1H3,(H,17,19). The summed E-state index contributed by atoms with van der Waals surface area (Å²) < 4.78 is 4.75. The van der Waals surface area contributed by atoms with Crippen molar-refractivity contribution in [1.29, 1.82) is 0 Å². The number of ether oxygens (including phenoxy) is 1. The highest BCUT2D eigenvalue weighted by atomic mass is 32.2. The van der Waals surface area contributed by atoms with Crippen molar-refractivity contribution in [3.63, 3.8) is 0 Å². The molecule has 0 aromatic heterocycles. The number of rotatable bonds is 1. The molecule has 2 aliphatic rings. The van der Waals surface area contributed by atoms with Crippen LogP contribution in [0, 0.1) is 5.41 Å². The number of nitrogens with one attached hydrogen (secondary N) is 1. The third-order valence-electron chi connectivity index (χ3n) is 4.45. The summed E-state index contributed by atoms with van der Waals surface area (Å²) in [6.45, 7) is 0. The van der Waals surface area contributed by atoms with Gasteiger partial charge in [-0.15, -0.1) is 11.8 Å². The Hall–Kier alpha value is -1.49. The van der Waals surface area contributed by atoms with Crippen molar-refractivity contribution in [3.05, 3.63) is 23.8 Å². The van der Waals surface area contributed by atoms with Crippen LogP contribution in [0.25, 0.3) is 0 Å². The van der Waals surface area contributed by atoms with E-state index in [0.717, 1.165) is 42.0 Å². The van der Waals surface area contributed by atoms with Crippen LogP contribution in [0.3, 0.4) is 0 Å². The van der Waals surface area contributed by atoms with E-state index in [4.69, 9.17) is 4.74 Å². The van der Waals surface area contributed by atoms with Crippen molar-refractivity contribution >= 4 is 29.3 Å². The molecule has 0 unspecified atom stereocenters. The molecule has 1 spiro atoms. The van der Waals surface area contributed by atoms with Gasteiger partial charge < -0.3 is 10.1 Å². The van der Waals surface area contributed by atoms with Gasteiger partial charge in [0.15, 0.2) is 0 Å². The van der Waals surface area contributed by atoms with E-state index in [2.05, 4.69) is 5.32 Å². The zero-order valence-electron chi connectivity index (χ0n) is 12.1. The van der Waals surface area contributed by atoms with E-state index in [1.54, 1.807) is 23.9 Å². The summed E-state index contributed by atoms with van der Waals surface area (Å²) in [7, 11) is 1.37. The molecule has 4 nitrogen and oxygen atoms in total. The maximum absolute atomic E-state index is 12.6. The van der Waals surface area contributed by atoms with Crippen LogP contribution in [0.5, 0.6) is 0 Å². The molecule has 0 saturated heterocycles. The van der Waals surface area contributed by atoms with E-state index in [9.17, 15) is 9.59 Å². The molecule has 1 aliphatic heterocycles. The minimum atomic E-state index is -0.346. The van der Waals surface area contributed by atoms with E-state index in [-0.39, 0.29) is 17.3 Å². The Bertz CT molecular complexity index is 579. The highest BCUT2D eigenvalue weighted by Gasteiger charge is 2.41. The van der Waals surface area contributed by atoms with Crippen molar-refractivity contribution in [1.82, 2.24) is 0 Å². The molecule has 0 atom stereocenters. The summed E-state index contributed by atoms with van der Waals surface area (Å²) in [5.74, 6) is 0.580. The van der Waals surface area contributed by atoms with E-state index in [0.29, 0.717) is 5.56 Å². The van der Waals surface area contributed by atoms with E-state index >= 15 is 0 Å². The maximum Gasteiger partial charge on any atom is 0.337 e. The summed E-state index contributed by atoms with van der Waals surface area (Å²) >= 11 is 1.67. The summed E-state index contributed by atoms with van der Waals surface area (Å²) in [6.07, 6.45) is 5.39. The monoisotopic (exact) mass is 305 g/mol. The number of carbonyl (C=O) groups is 2. The van der Waals surface area contributed by atoms with Gasteiger partial charge in [0.2, 0.25) is 5.91 Å². The topological polar surface area (TPSA) is 55.4 Å². The molecule has 1 N–H and O–H groups in total. The highest BCUT2D eigenvalue weighted by Crippen LogP contribution is 2.45. The van der Waals surface area contributed by atoms with Crippen LogP contribution in [0.4, 0.5) is 5.69 Å². The molecule has 5 heteroatoms. The fourth-order valence-electron chi connectivity index (χ4n) is 3.13. The molecule has 1 saturated carbocycles. The molecule has 1 aromatic carbocycles. The van der Waals surface area contributed by atoms with Crippen LogP contribution in [-0.2, 0) is 9.53 Å². The Labute approximate surface area is 128 Å². The van der Waals surface area contributed by atoms with Gasteiger partial charge in [-0.1, -0.05) is 19.3 Å². The zero-order valence-corrected chi connectivity index (χ0v) is 12.9. The molecule has 1 aliphatic carbocycles. The predicted octanol–water partition coefficient (Wildman–Crippen LogP) is 3.47. The minimum absolute atomic E-state index is 0.138. The third-order valence-corrected chi connectivity index (χ3v) is 5.79. The van der Waals surface area contributed by atoms with Crippen LogP contribution >= 0.6 is 11.8 Å². The molecule has 1 amide bonds. The van der Waals surface area contributed by atoms with Crippen molar-refractivity contribution in [2.75, 3.05) is 18.2 Å². The fraction of sp³-hybridized carbons (Fsp3) is 0.500. The predicted molar refractivity (Wildman–Crippen MR) is 82.7 cm³/mol. The second-order valence-electron chi connectivity index (χ2n) is 5.79. The number of hydrogen-bond donors (Lipinski definition) is 1. The summed E-state index contributed by atoms with van der Waals surface area (Å²) in [6, 6.07) is 5.31. The molecule has 0 bridgehead atoms. The van der Waals surface area contributed by atoms with Gasteiger partial charge in [0.05, 0.1) is 23.8 Å². The first-order valence-electron chi connectivity index (χ1n) is 7.31. The van der Waals surface area contributed by atoms with Gasteiger partial charge in [-0.25, -0.2) is 4.79 Å². The number of thioether (sulfide) groups is 1. The lowest BCUT2D eigenvalue weighted by Gasteiger charge is -2.33. The van der Waals surface area contributed by atoms with Gasteiger partial charge in [0.1, 0.15) is 0 Å². The summed E-state index contributed by atoms with van der Waals surface area (Å²) in [5.41, 5.74) is 1.09. The molecule has 0 radical (unpaired) electrons. The zero-order chi connectivity index (χ0) is 14.9. The Morgan fingerprint density at radius 1 is 1.29 bits per heavy atom. The van der Waals surface area contributed by atoms with Gasteiger partial charge >= 0.3 is 5.97 Å². The SMILES string of the molecule is COC(=O)c1ccc2c(c1)SCC1(CCCCC1)C(=O)N2. The number of carbonyl (C=O) groups excluding carboxylic acids is 2. The first-order chi connectivity index (χ1) is 10.1. The van der Waals surface area contributed by atoms with E-state index in [1.165, 1.54) is 13.5 Å². The molecular weight excluding hydrogens is 286 g/mol. The lowest BCUT2D eigenvalue weighted by molar-refractivity contribution is -0.126. The number of esters is 1. The molecule has 1 fully saturated rings. The number of hydrogen-bond acceptors (Lipinski definition) is 4. The van der Waals surface area contributed by atoms with E-state index in [1.807, 2.05) is 6.07 Å². The van der Waals surface area contributed by atoms with Crippen LogP contribution in [0.2, 0.25) is 0 Å². The Morgan fingerprint density at radius 3 is 2.76 bits per heavy atom. The Kier molecular flexibility index (Phi) is 3.93. The average molecular weight is 305 g/mol. The second-order valence-corrected chi connectivity index (χ2v) is 6.80. The second kappa shape index (κ2) is 5.72. The number of amides is 1. The smallest absolute Gasteiger partial charge is 0.337 e. The van der Waals surface area contributed by atoms with Crippen LogP contribution in [0.15, 0.2) is 23.1 Å². The lowest BCUT2D eigenvalue weighted by Crippen LogP contribution is -2.39. The number of benzene rings is 1. The highest BCUT2D eigenvalue weighted by molar-refractivity contribution is 7.99. The average Bonchev–Trinajstić information content (AvgIpc) is 2.65. The quantitative estimate of drug-likeness (QED) is 0.807. The van der Waals surface area contributed by atoms with Gasteiger partial charge in [0.25, 0.3) is 0 Å². The minimum Gasteiger partial charge on any atom is -0.465 e. The molecule has 1 aromatic rings. The first kappa shape index (κ1) is 14.4. The van der Waals surface area contributed by atoms with Crippen LogP contribution < -0.4 is 5.32 Å². The van der Waals surface area contributed by atoms with Crippen molar-refractivity contribution in [2.24, 2.45) is 5.41 Å². The first-order valence-corrected chi connectivity index (χ1v) is 8.30. The molecule has 112 valence electrons. The number of fused-ring (bicyclic) bond motifs is 1. The van der Waals surface area contributed by atoms with Crippen molar-refractivity contribution in [3.8, 4) is 0 Å². The molecule has 21 heavy (non-hydrogen) atoms. The Balaban J connectivity index is 1.89. The summed E-state index contributed by atoms with van der Waals surface area (Å²) in [5, 5.41) is 3.06. The van der Waals surface area contributed by atoms with Gasteiger partial charge in [-0.3, -0.25) is 4.79 Å². The van der Waals surface area contributed by atoms with Crippen molar-refractivity contribution < 1.29 is 14.3 Å². The normalized spacial score (nSPS) is 20.3. The van der Waals surface area contributed by atoms with Gasteiger partial charge in [0, 0.05) is 10.6 Å². The summed E-state index contributed by atoms with van der Waals surface area (Å²) in [4.78, 5) is 25.2. The molecule has 1 heterocycles. The van der Waals surface area contributed by atoms with Gasteiger partial charge in [-0.05, 0) is 31.0 Å². The third kappa shape index (κ3) is 2.67. The number of methoxy groups -OCH3 is 1. The maximum atomic E-state index is 12.6. The van der Waals surface area contributed by atoms with Gasteiger partial charge in [-0.2, -0.15) is 0 Å². The van der Waals surface area contributed by atoms with E-state index < -0.39 is 0 Å². The van der Waals surface area contributed by atoms with Crippen LogP contribution in [-0.4, -0.2) is 24.7 Å². The molecular formula is C16H19NO3S. The largest absolute Gasteiger partial charge is 0.465 e.